The van der Waals surface area contributed by atoms with Gasteiger partial charge in [-0.2, -0.15) is 4.98 Å². The van der Waals surface area contributed by atoms with Crippen LogP contribution in [0.25, 0.3) is 22.3 Å². The fourth-order valence-corrected chi connectivity index (χ4v) is 8.37. The molecule has 0 bridgehead atoms. The normalized spacial score (nSPS) is 37.7. The van der Waals surface area contributed by atoms with Crippen molar-refractivity contribution in [3.05, 3.63) is 29.3 Å². The molecule has 7 rings (SSSR count). The Hall–Kier alpha value is -3.40. The summed E-state index contributed by atoms with van der Waals surface area (Å²) in [5, 5.41) is 24.8. The highest BCUT2D eigenvalue weighted by Crippen LogP contribution is 2.51. The zero-order valence-electron chi connectivity index (χ0n) is 22.8. The lowest BCUT2D eigenvalue weighted by molar-refractivity contribution is -0.0483. The Bertz CT molecular complexity index is 1940. The van der Waals surface area contributed by atoms with Gasteiger partial charge in [0.15, 0.2) is 35.1 Å². The maximum absolute atomic E-state index is 13.3. The van der Waals surface area contributed by atoms with Crippen molar-refractivity contribution in [2.24, 2.45) is 5.92 Å². The molecule has 4 aromatic heterocycles. The van der Waals surface area contributed by atoms with Crippen molar-refractivity contribution in [1.29, 1.82) is 0 Å². The van der Waals surface area contributed by atoms with Crippen molar-refractivity contribution in [3.63, 3.8) is 0 Å². The van der Waals surface area contributed by atoms with Gasteiger partial charge in [0.05, 0.1) is 44.2 Å². The molecule has 0 saturated carbocycles. The lowest BCUT2D eigenvalue weighted by atomic mass is 10.0. The minimum Gasteiger partial charge on any atom is -0.388 e. The van der Waals surface area contributed by atoms with E-state index in [2.05, 4.69) is 35.0 Å². The monoisotopic (exact) mass is 671 g/mol. The quantitative estimate of drug-likeness (QED) is 0.102. The molecule has 7 heterocycles. The molecule has 0 radical (unpaired) electrons. The topological polar surface area (TPSA) is 323 Å². The molecule has 22 nitrogen and oxygen atoms in total. The van der Waals surface area contributed by atoms with Crippen LogP contribution in [-0.4, -0.2) is 109 Å². The van der Waals surface area contributed by atoms with Gasteiger partial charge in [-0.05, 0) is 0 Å². The first-order valence-electron chi connectivity index (χ1n) is 13.4. The summed E-state index contributed by atoms with van der Waals surface area (Å²) in [6, 6.07) is -1.40. The summed E-state index contributed by atoms with van der Waals surface area (Å²) in [6.07, 6.45) is -5.13. The molecule has 4 aromatic rings. The first-order chi connectivity index (χ1) is 21.3. The molecule has 3 saturated heterocycles. The van der Waals surface area contributed by atoms with Crippen molar-refractivity contribution in [1.82, 2.24) is 44.1 Å². The van der Waals surface area contributed by atoms with Gasteiger partial charge in [0.25, 0.3) is 5.56 Å². The summed E-state index contributed by atoms with van der Waals surface area (Å²) in [4.78, 5) is 56.3. The van der Waals surface area contributed by atoms with Gasteiger partial charge >= 0.3 is 15.3 Å². The van der Waals surface area contributed by atoms with E-state index in [4.69, 9.17) is 30.0 Å². The average molecular weight is 671 g/mol. The van der Waals surface area contributed by atoms with Crippen LogP contribution in [0.2, 0.25) is 0 Å². The summed E-state index contributed by atoms with van der Waals surface area (Å²) < 4.78 is 51.6. The number of nitrogens with zero attached hydrogens (tertiary/aromatic N) is 7. The van der Waals surface area contributed by atoms with Crippen molar-refractivity contribution in [2.45, 2.75) is 42.9 Å². The van der Waals surface area contributed by atoms with Crippen LogP contribution in [0, 0.1) is 5.92 Å². The number of anilines is 2. The molecule has 10 N–H and O–H groups in total. The number of fused-ring (bicyclic) bond motifs is 4. The van der Waals surface area contributed by atoms with E-state index >= 15 is 0 Å². The first kappa shape index (κ1) is 30.3. The fraction of sp³-hybridized carbons (Fsp3) is 0.524. The Morgan fingerprint density at radius 3 is 2.33 bits per heavy atom. The Kier molecular flexibility index (Phi) is 7.30. The number of imidazole rings is 2. The lowest BCUT2D eigenvalue weighted by Crippen LogP contribution is -2.45. The second-order valence-corrected chi connectivity index (χ2v) is 14.2. The summed E-state index contributed by atoms with van der Waals surface area (Å²) in [6.45, 7) is -1.28. The van der Waals surface area contributed by atoms with Gasteiger partial charge in [0, 0.05) is 5.92 Å². The van der Waals surface area contributed by atoms with E-state index in [0.717, 1.165) is 6.33 Å². The van der Waals surface area contributed by atoms with Crippen molar-refractivity contribution in [3.8, 4) is 0 Å². The number of nitrogens with two attached hydrogens (primary N) is 2. The summed E-state index contributed by atoms with van der Waals surface area (Å²) in [7, 11) is -9.27. The van der Waals surface area contributed by atoms with Crippen LogP contribution in [0.5, 0.6) is 0 Å². The Morgan fingerprint density at radius 1 is 0.889 bits per heavy atom. The maximum Gasteiger partial charge on any atom is 0.403 e. The molecule has 24 heteroatoms. The minimum atomic E-state index is -4.75. The SMILES string of the molecule is Nc1nc2c(ncn2[C@@H]2O[C@@H]3COP(=O)(O)C[C@H]4[C@@H](O)[C@H](n5cnc6c(N)ncnc65)O[C@@H]4COP(=O)(O)N[C@H]3[C@H]2O)c(=O)[nH]1. The van der Waals surface area contributed by atoms with Crippen molar-refractivity contribution in [2.75, 3.05) is 30.8 Å². The molecular formula is C21H27N11O11P2. The lowest BCUT2D eigenvalue weighted by Gasteiger charge is -2.28. The van der Waals surface area contributed by atoms with E-state index in [1.54, 1.807) is 0 Å². The summed E-state index contributed by atoms with van der Waals surface area (Å²) in [5.41, 5.74) is 11.1. The number of ether oxygens (including phenoxy) is 2. The van der Waals surface area contributed by atoms with Crippen LogP contribution in [0.3, 0.4) is 0 Å². The Labute approximate surface area is 250 Å². The second kappa shape index (κ2) is 10.9. The molecule has 0 aromatic carbocycles. The number of aliphatic hydroxyl groups is 2. The highest BCUT2D eigenvalue weighted by atomic mass is 31.2. The van der Waals surface area contributed by atoms with E-state index in [1.807, 2.05) is 0 Å². The van der Waals surface area contributed by atoms with E-state index in [-0.39, 0.29) is 34.1 Å². The maximum atomic E-state index is 13.3. The minimum absolute atomic E-state index is 0.0527. The highest BCUT2D eigenvalue weighted by Gasteiger charge is 2.52. The van der Waals surface area contributed by atoms with Crippen LogP contribution < -0.4 is 22.1 Å². The third-order valence-electron chi connectivity index (χ3n) is 7.89. The molecule has 242 valence electrons. The number of aromatic amines is 1. The molecule has 45 heavy (non-hydrogen) atoms. The standard InChI is InChI=1S/C21H27N11O11P2/c22-15-11-16(25-4-24-15)31(5-26-11)19-13(33)7-3-44(36,37)40-2-9-10(30-45(38,39)41-1-8(7)42-19)14(34)20(43-9)32-6-27-12-17(32)28-21(23)29-18(12)35/h4-10,13-14,19-20,33-34H,1-3H2,(H,36,37)(H2,22,24,25)(H2,30,38,39)(H3,23,28,29,35)/t7-,8-,9-,10-,13-,14-,19-,20-/m1/s1. The predicted octanol–water partition coefficient (Wildman–Crippen LogP) is -2.45. The Balaban J connectivity index is 1.17. The highest BCUT2D eigenvalue weighted by molar-refractivity contribution is 7.52. The number of nitrogens with one attached hydrogen (secondary N) is 2. The van der Waals surface area contributed by atoms with Crippen LogP contribution in [0.1, 0.15) is 12.5 Å². The summed E-state index contributed by atoms with van der Waals surface area (Å²) in [5.74, 6) is -1.29. The smallest absolute Gasteiger partial charge is 0.388 e. The van der Waals surface area contributed by atoms with Gasteiger partial charge in [-0.3, -0.25) is 28.0 Å². The summed E-state index contributed by atoms with van der Waals surface area (Å²) >= 11 is 0. The number of hydrogen-bond acceptors (Lipinski definition) is 16. The largest absolute Gasteiger partial charge is 0.403 e. The van der Waals surface area contributed by atoms with Gasteiger partial charge < -0.3 is 45.5 Å². The van der Waals surface area contributed by atoms with Crippen LogP contribution in [0.4, 0.5) is 11.8 Å². The van der Waals surface area contributed by atoms with E-state index in [0.29, 0.717) is 0 Å². The number of rotatable bonds is 2. The molecule has 10 atom stereocenters. The molecular weight excluding hydrogens is 644 g/mol. The number of H-pyrrole nitrogens is 1. The number of nitrogen functional groups attached to an aromatic ring is 2. The predicted molar refractivity (Wildman–Crippen MR) is 149 cm³/mol. The average Bonchev–Trinajstić information content (AvgIpc) is 3.72. The van der Waals surface area contributed by atoms with Crippen molar-refractivity contribution < 1.29 is 47.7 Å². The van der Waals surface area contributed by atoms with Crippen LogP contribution in [0.15, 0.2) is 23.8 Å². The fourth-order valence-electron chi connectivity index (χ4n) is 5.78. The molecule has 3 aliphatic heterocycles. The van der Waals surface area contributed by atoms with E-state index in [9.17, 15) is 33.9 Å². The second-order valence-electron chi connectivity index (χ2n) is 10.7. The van der Waals surface area contributed by atoms with E-state index < -0.39 is 89.1 Å². The third-order valence-corrected chi connectivity index (χ3v) is 10.5. The molecule has 0 spiro atoms. The molecule has 0 aliphatic carbocycles. The first-order valence-corrected chi connectivity index (χ1v) is 16.7. The molecule has 3 aliphatic rings. The van der Waals surface area contributed by atoms with E-state index in [1.165, 1.54) is 21.8 Å². The Morgan fingerprint density at radius 2 is 1.56 bits per heavy atom. The van der Waals surface area contributed by atoms with Gasteiger partial charge in [-0.25, -0.2) is 29.6 Å². The zero-order valence-corrected chi connectivity index (χ0v) is 24.6. The molecule has 3 fully saturated rings. The van der Waals surface area contributed by atoms with Crippen LogP contribution in [-0.2, 0) is 27.7 Å². The number of hydrogen-bond donors (Lipinski definition) is 8. The van der Waals surface area contributed by atoms with Gasteiger partial charge in [0.2, 0.25) is 5.95 Å². The number of aliphatic hydroxyl groups excluding tert-OH is 2. The van der Waals surface area contributed by atoms with Crippen molar-refractivity contribution >= 4 is 49.4 Å². The third kappa shape index (κ3) is 5.32. The van der Waals surface area contributed by atoms with Gasteiger partial charge in [-0.1, -0.05) is 0 Å². The van der Waals surface area contributed by atoms with Gasteiger partial charge in [0.1, 0.15) is 30.2 Å². The zero-order chi connectivity index (χ0) is 31.8. The van der Waals surface area contributed by atoms with Gasteiger partial charge in [-0.15, -0.1) is 0 Å². The molecule has 0 amide bonds. The number of aromatic nitrogens is 8. The molecule has 2 unspecified atom stereocenters. The van der Waals surface area contributed by atoms with Crippen LogP contribution >= 0.6 is 15.3 Å².